The maximum absolute atomic E-state index is 11.3. The van der Waals surface area contributed by atoms with Gasteiger partial charge in [0.05, 0.1) is 0 Å². The number of phenols is 2. The lowest BCUT2D eigenvalue weighted by Gasteiger charge is -2.30. The van der Waals surface area contributed by atoms with Gasteiger partial charge >= 0.3 is 0 Å². The lowest BCUT2D eigenvalue weighted by atomic mass is 9.76. The molecule has 0 fully saturated rings. The van der Waals surface area contributed by atoms with Crippen LogP contribution in [0.3, 0.4) is 0 Å². The smallest absolute Gasteiger partial charge is 0.123 e. The molecule has 1 unspecified atom stereocenters. The highest BCUT2D eigenvalue weighted by atomic mass is 16.3. The standard InChI is InChI=1S/C27H40O2/c1-16-12-18(25(3,4)5)13-20(23(16)28)17(2)21-14-19(26(6,7)8)15-22(24(21)29)27(9,10)11/h12-15,17,28-29H,1-11H3. The lowest BCUT2D eigenvalue weighted by Crippen LogP contribution is -2.18. The summed E-state index contributed by atoms with van der Waals surface area (Å²) in [5.74, 6) is 0.541. The Morgan fingerprint density at radius 2 is 1.03 bits per heavy atom. The molecular formula is C27H40O2. The van der Waals surface area contributed by atoms with E-state index in [9.17, 15) is 10.2 Å². The summed E-state index contributed by atoms with van der Waals surface area (Å²) in [5.41, 5.74) is 5.75. The Bertz CT molecular complexity index is 900. The maximum atomic E-state index is 11.3. The molecule has 0 bridgehead atoms. The summed E-state index contributed by atoms with van der Waals surface area (Å²) in [6.45, 7) is 23.6. The zero-order chi connectivity index (χ0) is 22.5. The van der Waals surface area contributed by atoms with Crippen molar-refractivity contribution in [1.82, 2.24) is 0 Å². The fourth-order valence-corrected chi connectivity index (χ4v) is 3.73. The Morgan fingerprint density at radius 3 is 1.45 bits per heavy atom. The van der Waals surface area contributed by atoms with E-state index in [1.165, 1.54) is 11.1 Å². The Labute approximate surface area is 178 Å². The van der Waals surface area contributed by atoms with Crippen LogP contribution in [0.15, 0.2) is 24.3 Å². The van der Waals surface area contributed by atoms with Gasteiger partial charge in [-0.25, -0.2) is 0 Å². The van der Waals surface area contributed by atoms with Gasteiger partial charge in [-0.1, -0.05) is 93.5 Å². The molecule has 0 aliphatic rings. The number of aromatic hydroxyl groups is 2. The fourth-order valence-electron chi connectivity index (χ4n) is 3.73. The van der Waals surface area contributed by atoms with Gasteiger partial charge in [-0.05, 0) is 45.4 Å². The van der Waals surface area contributed by atoms with Gasteiger partial charge in [0, 0.05) is 17.0 Å². The molecule has 29 heavy (non-hydrogen) atoms. The summed E-state index contributed by atoms with van der Waals surface area (Å²) in [7, 11) is 0. The average Bonchev–Trinajstić information content (AvgIpc) is 2.53. The highest BCUT2D eigenvalue weighted by Crippen LogP contribution is 2.44. The van der Waals surface area contributed by atoms with Crippen LogP contribution in [-0.2, 0) is 16.2 Å². The minimum Gasteiger partial charge on any atom is -0.507 e. The van der Waals surface area contributed by atoms with Crippen LogP contribution in [0.4, 0.5) is 0 Å². The van der Waals surface area contributed by atoms with Gasteiger partial charge in [0.25, 0.3) is 0 Å². The summed E-state index contributed by atoms with van der Waals surface area (Å²) in [5, 5.41) is 22.1. The van der Waals surface area contributed by atoms with Crippen LogP contribution < -0.4 is 0 Å². The van der Waals surface area contributed by atoms with Crippen LogP contribution in [0.2, 0.25) is 0 Å². The zero-order valence-corrected chi connectivity index (χ0v) is 20.3. The number of aryl methyl sites for hydroxylation is 1. The second kappa shape index (κ2) is 7.38. The number of phenolic OH excluding ortho intramolecular Hbond substituents is 2. The molecule has 2 aromatic carbocycles. The Morgan fingerprint density at radius 1 is 0.621 bits per heavy atom. The highest BCUT2D eigenvalue weighted by molar-refractivity contribution is 5.56. The molecule has 2 nitrogen and oxygen atoms in total. The molecule has 0 heterocycles. The van der Waals surface area contributed by atoms with Crippen molar-refractivity contribution in [2.24, 2.45) is 0 Å². The normalized spacial score (nSPS) is 14.2. The minimum atomic E-state index is -0.176. The summed E-state index contributed by atoms with van der Waals surface area (Å²) < 4.78 is 0. The molecule has 0 aliphatic carbocycles. The van der Waals surface area contributed by atoms with Crippen LogP contribution in [0, 0.1) is 6.92 Å². The van der Waals surface area contributed by atoms with Crippen molar-refractivity contribution in [3.05, 3.63) is 57.6 Å². The molecule has 0 spiro atoms. The largest absolute Gasteiger partial charge is 0.507 e. The Kier molecular flexibility index (Phi) is 5.93. The van der Waals surface area contributed by atoms with E-state index < -0.39 is 0 Å². The van der Waals surface area contributed by atoms with Crippen molar-refractivity contribution in [1.29, 1.82) is 0 Å². The molecule has 2 N–H and O–H groups in total. The first-order chi connectivity index (χ1) is 12.9. The van der Waals surface area contributed by atoms with Crippen LogP contribution in [0.5, 0.6) is 11.5 Å². The number of rotatable bonds is 2. The molecule has 2 heteroatoms. The summed E-state index contributed by atoms with van der Waals surface area (Å²) >= 11 is 0. The SMILES string of the molecule is Cc1cc(C(C)(C)C)cc(C(C)c2cc(C(C)(C)C)cc(C(C)(C)C)c2O)c1O. The van der Waals surface area contributed by atoms with Crippen molar-refractivity contribution in [3.63, 3.8) is 0 Å². The third-order valence-corrected chi connectivity index (χ3v) is 5.94. The van der Waals surface area contributed by atoms with Gasteiger partial charge in [-0.2, -0.15) is 0 Å². The van der Waals surface area contributed by atoms with Crippen molar-refractivity contribution in [2.45, 2.75) is 98.3 Å². The Hall–Kier alpha value is -1.96. The molecule has 0 aliphatic heterocycles. The average molecular weight is 397 g/mol. The predicted molar refractivity (Wildman–Crippen MR) is 125 cm³/mol. The van der Waals surface area contributed by atoms with Crippen molar-refractivity contribution in [3.8, 4) is 11.5 Å². The number of hydrogen-bond donors (Lipinski definition) is 2. The molecule has 2 rings (SSSR count). The van der Waals surface area contributed by atoms with Crippen LogP contribution >= 0.6 is 0 Å². The lowest BCUT2D eigenvalue weighted by molar-refractivity contribution is 0.433. The van der Waals surface area contributed by atoms with Crippen LogP contribution in [0.1, 0.15) is 109 Å². The quantitative estimate of drug-likeness (QED) is 0.553. The highest BCUT2D eigenvalue weighted by Gasteiger charge is 2.28. The monoisotopic (exact) mass is 396 g/mol. The van der Waals surface area contributed by atoms with E-state index in [4.69, 9.17) is 0 Å². The van der Waals surface area contributed by atoms with Crippen molar-refractivity contribution < 1.29 is 10.2 Å². The van der Waals surface area contributed by atoms with Gasteiger partial charge in [0.1, 0.15) is 11.5 Å². The fraction of sp³-hybridized carbons (Fsp3) is 0.556. The predicted octanol–water partition coefficient (Wildman–Crippen LogP) is 7.45. The van der Waals surface area contributed by atoms with Gasteiger partial charge in [-0.3, -0.25) is 0 Å². The van der Waals surface area contributed by atoms with E-state index in [2.05, 4.69) is 93.5 Å². The molecular weight excluding hydrogens is 356 g/mol. The molecule has 160 valence electrons. The second-order valence-electron chi connectivity index (χ2n) is 11.7. The third-order valence-electron chi connectivity index (χ3n) is 5.94. The van der Waals surface area contributed by atoms with E-state index in [0.717, 1.165) is 22.3 Å². The van der Waals surface area contributed by atoms with Gasteiger partial charge in [0.2, 0.25) is 0 Å². The molecule has 0 saturated heterocycles. The van der Waals surface area contributed by atoms with E-state index in [-0.39, 0.29) is 22.2 Å². The Balaban J connectivity index is 2.80. The van der Waals surface area contributed by atoms with E-state index in [1.54, 1.807) is 0 Å². The second-order valence-corrected chi connectivity index (χ2v) is 11.7. The first-order valence-electron chi connectivity index (χ1n) is 10.7. The third kappa shape index (κ3) is 4.79. The van der Waals surface area contributed by atoms with Crippen LogP contribution in [-0.4, -0.2) is 10.2 Å². The summed E-state index contributed by atoms with van der Waals surface area (Å²) in [6, 6.07) is 8.43. The zero-order valence-electron chi connectivity index (χ0n) is 20.3. The first-order valence-corrected chi connectivity index (χ1v) is 10.7. The molecule has 0 aromatic heterocycles. The van der Waals surface area contributed by atoms with E-state index >= 15 is 0 Å². The summed E-state index contributed by atoms with van der Waals surface area (Å²) in [6.07, 6.45) is 0. The number of hydrogen-bond acceptors (Lipinski definition) is 2. The summed E-state index contributed by atoms with van der Waals surface area (Å²) in [4.78, 5) is 0. The van der Waals surface area contributed by atoms with Gasteiger partial charge < -0.3 is 10.2 Å². The van der Waals surface area contributed by atoms with E-state index in [0.29, 0.717) is 11.5 Å². The van der Waals surface area contributed by atoms with E-state index in [1.807, 2.05) is 6.92 Å². The maximum Gasteiger partial charge on any atom is 0.123 e. The molecule has 1 atom stereocenters. The van der Waals surface area contributed by atoms with Crippen LogP contribution in [0.25, 0.3) is 0 Å². The van der Waals surface area contributed by atoms with Gasteiger partial charge in [0.15, 0.2) is 0 Å². The van der Waals surface area contributed by atoms with Gasteiger partial charge in [-0.15, -0.1) is 0 Å². The molecule has 0 amide bonds. The molecule has 0 saturated carbocycles. The number of benzene rings is 2. The first kappa shape index (κ1) is 23.3. The van der Waals surface area contributed by atoms with Crippen molar-refractivity contribution in [2.75, 3.05) is 0 Å². The topological polar surface area (TPSA) is 40.5 Å². The van der Waals surface area contributed by atoms with Crippen molar-refractivity contribution >= 4 is 0 Å². The molecule has 0 radical (unpaired) electrons. The minimum absolute atomic E-state index is 0.0151. The molecule has 2 aromatic rings.